The average Bonchev–Trinajstić information content (AvgIpc) is 3.42. The molecule has 0 radical (unpaired) electrons. The first kappa shape index (κ1) is 75.6. The summed E-state index contributed by atoms with van der Waals surface area (Å²) in [5.74, 6) is -0.646. The third-order valence-corrected chi connectivity index (χ3v) is 13.7. The van der Waals surface area contributed by atoms with Crippen LogP contribution in [0.2, 0.25) is 0 Å². The van der Waals surface area contributed by atoms with Gasteiger partial charge in [0.15, 0.2) is 0 Å². The van der Waals surface area contributed by atoms with Crippen molar-refractivity contribution in [1.82, 2.24) is 5.32 Å². The van der Waals surface area contributed by atoms with Crippen molar-refractivity contribution in [2.75, 3.05) is 40.9 Å². The lowest BCUT2D eigenvalue weighted by Crippen LogP contribution is -2.47. The van der Waals surface area contributed by atoms with Gasteiger partial charge < -0.3 is 19.4 Å². The van der Waals surface area contributed by atoms with E-state index in [1.165, 1.54) is 51.4 Å². The van der Waals surface area contributed by atoms with Crippen LogP contribution in [0.5, 0.6) is 0 Å². The van der Waals surface area contributed by atoms with Crippen LogP contribution < -0.4 is 5.32 Å². The number of esters is 1. The maximum atomic E-state index is 13.6. The summed E-state index contributed by atoms with van der Waals surface area (Å²) in [6.07, 6.45) is 85.4. The van der Waals surface area contributed by atoms with Gasteiger partial charge in [-0.25, -0.2) is 4.57 Å². The van der Waals surface area contributed by atoms with Crippen LogP contribution in [0.25, 0.3) is 0 Å². The van der Waals surface area contributed by atoms with E-state index in [0.717, 1.165) is 122 Å². The zero-order valence-electron chi connectivity index (χ0n) is 51.5. The predicted molar refractivity (Wildman–Crippen MR) is 345 cm³/mol. The van der Waals surface area contributed by atoms with E-state index in [9.17, 15) is 19.0 Å². The number of nitrogens with zero attached hydrogens (tertiary/aromatic N) is 1. The number of unbranched alkanes of at least 4 members (excludes halogenated alkanes) is 14. The lowest BCUT2D eigenvalue weighted by Gasteiger charge is -2.27. The quantitative estimate of drug-likeness (QED) is 0.0205. The molecule has 0 aromatic heterocycles. The first-order chi connectivity index (χ1) is 38.9. The van der Waals surface area contributed by atoms with Crippen molar-refractivity contribution in [3.8, 4) is 0 Å². The number of phosphoric ester groups is 1. The summed E-state index contributed by atoms with van der Waals surface area (Å²) in [5, 5.41) is 3.02. The van der Waals surface area contributed by atoms with Crippen LogP contribution in [0, 0.1) is 0 Å². The van der Waals surface area contributed by atoms with Crippen LogP contribution in [0.15, 0.2) is 158 Å². The first-order valence-corrected chi connectivity index (χ1v) is 32.8. The Labute approximate surface area is 490 Å². The fraction of sp³-hybridized carbons (Fsp3) is 0.600. The summed E-state index contributed by atoms with van der Waals surface area (Å²) in [6, 6.07) is -0.906. The van der Waals surface area contributed by atoms with Crippen molar-refractivity contribution in [3.05, 3.63) is 158 Å². The molecular formula is C70H116N2O7P+. The van der Waals surface area contributed by atoms with Crippen LogP contribution >= 0.6 is 7.82 Å². The van der Waals surface area contributed by atoms with Gasteiger partial charge in [0.1, 0.15) is 19.3 Å². The molecule has 2 N–H and O–H groups in total. The molecule has 0 aliphatic heterocycles. The van der Waals surface area contributed by atoms with E-state index in [4.69, 9.17) is 13.8 Å². The number of allylic oxidation sites excluding steroid dienone is 25. The lowest BCUT2D eigenvalue weighted by atomic mass is 10.1. The van der Waals surface area contributed by atoms with E-state index in [1.807, 2.05) is 45.4 Å². The number of ether oxygens (including phenoxy) is 1. The SMILES string of the molecule is CC/C=C\C/C=C\C/C=C\C/C=C\C/C=C\C/C=C\CCCCCCC(=O)NC(COP(=O)(O)OCC[N+](C)(C)C)C(/C=C\CCCCCCCCCCCC)OC(=O)CC/C=C\C/C=C\C/C=C\C/C=C\C/C=C\C/C=C\CC. The highest BCUT2D eigenvalue weighted by molar-refractivity contribution is 7.47. The van der Waals surface area contributed by atoms with E-state index in [-0.39, 0.29) is 32.0 Å². The smallest absolute Gasteiger partial charge is 0.456 e. The summed E-state index contributed by atoms with van der Waals surface area (Å²) in [6.45, 7) is 6.68. The Bertz CT molecular complexity index is 1920. The molecule has 0 saturated heterocycles. The third kappa shape index (κ3) is 58.3. The molecular weight excluding hydrogens is 1010 g/mol. The number of carbonyl (C=O) groups excluding carboxylic acids is 2. The zero-order valence-corrected chi connectivity index (χ0v) is 52.4. The van der Waals surface area contributed by atoms with Crippen LogP contribution in [0.4, 0.5) is 0 Å². The molecule has 0 aromatic rings. The van der Waals surface area contributed by atoms with Gasteiger partial charge in [-0.05, 0) is 122 Å². The minimum atomic E-state index is -4.49. The fourth-order valence-corrected chi connectivity index (χ4v) is 8.70. The molecule has 3 atom stereocenters. The number of quaternary nitrogens is 1. The molecule has 0 aliphatic carbocycles. The number of rotatable bonds is 54. The highest BCUT2D eigenvalue weighted by Gasteiger charge is 2.30. The van der Waals surface area contributed by atoms with E-state index < -0.39 is 25.9 Å². The molecule has 0 aromatic carbocycles. The van der Waals surface area contributed by atoms with Gasteiger partial charge in [0.2, 0.25) is 5.91 Å². The Kier molecular flexibility index (Phi) is 54.7. The summed E-state index contributed by atoms with van der Waals surface area (Å²) in [7, 11) is 1.41. The topological polar surface area (TPSA) is 111 Å². The van der Waals surface area contributed by atoms with Crippen LogP contribution in [-0.2, 0) is 27.9 Å². The number of hydrogen-bond acceptors (Lipinski definition) is 6. The molecule has 3 unspecified atom stereocenters. The van der Waals surface area contributed by atoms with Crippen LogP contribution in [0.3, 0.4) is 0 Å². The Morgan fingerprint density at radius 1 is 0.450 bits per heavy atom. The number of amides is 1. The maximum absolute atomic E-state index is 13.6. The van der Waals surface area contributed by atoms with Crippen molar-refractivity contribution < 1.29 is 37.3 Å². The Hall–Kier alpha value is -4.37. The van der Waals surface area contributed by atoms with Gasteiger partial charge >= 0.3 is 13.8 Å². The van der Waals surface area contributed by atoms with Crippen molar-refractivity contribution >= 4 is 19.7 Å². The van der Waals surface area contributed by atoms with Gasteiger partial charge in [0, 0.05) is 12.8 Å². The Balaban J connectivity index is 5.42. The highest BCUT2D eigenvalue weighted by atomic mass is 31.2. The minimum Gasteiger partial charge on any atom is -0.456 e. The van der Waals surface area contributed by atoms with E-state index >= 15 is 0 Å². The molecule has 0 bridgehead atoms. The van der Waals surface area contributed by atoms with Crippen molar-refractivity contribution in [3.63, 3.8) is 0 Å². The van der Waals surface area contributed by atoms with Crippen molar-refractivity contribution in [2.24, 2.45) is 0 Å². The van der Waals surface area contributed by atoms with Gasteiger partial charge in [0.05, 0.1) is 33.8 Å². The normalized spacial score (nSPS) is 14.7. The molecule has 0 rings (SSSR count). The monoisotopic (exact) mass is 1130 g/mol. The number of hydrogen-bond donors (Lipinski definition) is 2. The summed E-state index contributed by atoms with van der Waals surface area (Å²) < 4.78 is 30.6. The van der Waals surface area contributed by atoms with Gasteiger partial charge in [-0.2, -0.15) is 0 Å². The van der Waals surface area contributed by atoms with Crippen molar-refractivity contribution in [1.29, 1.82) is 0 Å². The fourth-order valence-electron chi connectivity index (χ4n) is 7.97. The number of phosphoric acid groups is 1. The number of carbonyl (C=O) groups is 2. The molecule has 80 heavy (non-hydrogen) atoms. The molecule has 9 nitrogen and oxygen atoms in total. The second-order valence-electron chi connectivity index (χ2n) is 21.5. The summed E-state index contributed by atoms with van der Waals surface area (Å²) >= 11 is 0. The van der Waals surface area contributed by atoms with E-state index in [0.29, 0.717) is 23.9 Å². The van der Waals surface area contributed by atoms with Gasteiger partial charge in [-0.3, -0.25) is 18.6 Å². The molecule has 0 heterocycles. The summed E-state index contributed by atoms with van der Waals surface area (Å²) in [4.78, 5) is 37.7. The van der Waals surface area contributed by atoms with E-state index in [2.05, 4.69) is 160 Å². The molecule has 10 heteroatoms. The van der Waals surface area contributed by atoms with Gasteiger partial charge in [0.25, 0.3) is 0 Å². The maximum Gasteiger partial charge on any atom is 0.472 e. The molecule has 0 spiro atoms. The Morgan fingerprint density at radius 3 is 1.23 bits per heavy atom. The first-order valence-electron chi connectivity index (χ1n) is 31.3. The summed E-state index contributed by atoms with van der Waals surface area (Å²) in [5.41, 5.74) is 0. The van der Waals surface area contributed by atoms with Gasteiger partial charge in [-0.1, -0.05) is 243 Å². The predicted octanol–water partition coefficient (Wildman–Crippen LogP) is 19.6. The van der Waals surface area contributed by atoms with Crippen molar-refractivity contribution in [2.45, 2.75) is 232 Å². The highest BCUT2D eigenvalue weighted by Crippen LogP contribution is 2.43. The molecule has 1 amide bonds. The molecule has 452 valence electrons. The largest absolute Gasteiger partial charge is 0.472 e. The molecule has 0 fully saturated rings. The average molecular weight is 1130 g/mol. The Morgan fingerprint density at radius 2 is 0.812 bits per heavy atom. The van der Waals surface area contributed by atoms with Crippen LogP contribution in [0.1, 0.15) is 220 Å². The van der Waals surface area contributed by atoms with E-state index in [1.54, 1.807) is 0 Å². The zero-order chi connectivity index (χ0) is 58.6. The van der Waals surface area contributed by atoms with Gasteiger partial charge in [-0.15, -0.1) is 0 Å². The number of nitrogens with one attached hydrogen (secondary N) is 1. The standard InChI is InChI=1S/C70H115N2O7P/c1-7-10-13-16-19-22-25-28-30-32-34-35-36-37-39-40-42-44-47-50-53-56-59-62-69(73)71-67(66-78-80(75,76)77-65-64-72(4,5)6)68(61-58-55-52-49-46-27-24-21-18-15-12-9-3)79-70(74)63-60-57-54-51-48-45-43-41-38-33-31-29-26-23-20-17-14-11-8-2/h10-11,13-14,19-20,22-23,28-31,34-35,37-39,41-42,44-45,48,54,57-58,61,67-68H,7-9,12,15-18,21,24-27,32-33,36,40,43,46-47,49-53,55-56,59-60,62-66H2,1-6H3,(H-,71,73,75,76)/p+1/b13-10-,14-11-,22-19-,23-20-,30-28-,31-29-,35-34-,39-37-,41-38-,44-42-,48-45-,57-54-,61-58-. The third-order valence-electron chi connectivity index (χ3n) is 12.7. The minimum absolute atomic E-state index is 0.0141. The second-order valence-corrected chi connectivity index (χ2v) is 22.9. The van der Waals surface area contributed by atoms with Crippen LogP contribution in [-0.4, -0.2) is 74.3 Å². The number of likely N-dealkylation sites (N-methyl/N-ethyl adjacent to an activating group) is 1. The molecule has 0 aliphatic rings. The lowest BCUT2D eigenvalue weighted by molar-refractivity contribution is -0.870. The second kappa shape index (κ2) is 57.8. The molecule has 0 saturated carbocycles.